The largest absolute Gasteiger partial charge is 0.376 e. The number of hydrogen-bond donors (Lipinski definition) is 2. The molecule has 1 aliphatic heterocycles. The highest BCUT2D eigenvalue weighted by molar-refractivity contribution is 8.00. The number of ether oxygens (including phenoxy) is 1. The number of nitrogens with one attached hydrogen (secondary N) is 2. The third-order valence-electron chi connectivity index (χ3n) is 3.21. The van der Waals surface area contributed by atoms with Crippen LogP contribution < -0.4 is 11.0 Å². The molecule has 116 valence electrons. The average molecular weight is 312 g/mol. The Bertz CT molecular complexity index is 548. The van der Waals surface area contributed by atoms with Crippen molar-refractivity contribution >= 4 is 17.7 Å². The minimum atomic E-state index is -0.344. The van der Waals surface area contributed by atoms with E-state index in [-0.39, 0.29) is 23.0 Å². The molecular formula is C13H20N4O3S. The lowest BCUT2D eigenvalue weighted by molar-refractivity contribution is -0.120. The first kappa shape index (κ1) is 15.8. The van der Waals surface area contributed by atoms with Gasteiger partial charge in [0.15, 0.2) is 5.16 Å². The second-order valence-electron chi connectivity index (χ2n) is 4.85. The lowest BCUT2D eigenvalue weighted by Crippen LogP contribution is -2.31. The number of H-pyrrole nitrogens is 1. The standard InChI is InChI=1S/C13H20N4O3S/c1-3-6-14-11(18)9(2)21-13-16-15-12(19)17(13)8-10-5-4-7-20-10/h3,9-10H,1,4-8H2,2H3,(H,14,18)(H,15,19)/t9-,10-/m0/s1. The van der Waals surface area contributed by atoms with Gasteiger partial charge >= 0.3 is 5.69 Å². The van der Waals surface area contributed by atoms with Crippen LogP contribution in [0.25, 0.3) is 0 Å². The van der Waals surface area contributed by atoms with Gasteiger partial charge < -0.3 is 10.1 Å². The molecule has 0 unspecified atom stereocenters. The fourth-order valence-corrected chi connectivity index (χ4v) is 2.96. The Morgan fingerprint density at radius 3 is 3.24 bits per heavy atom. The molecule has 2 N–H and O–H groups in total. The van der Waals surface area contributed by atoms with E-state index in [2.05, 4.69) is 22.1 Å². The molecule has 1 fully saturated rings. The van der Waals surface area contributed by atoms with Crippen molar-refractivity contribution in [2.45, 2.75) is 42.8 Å². The number of amides is 1. The van der Waals surface area contributed by atoms with Crippen molar-refractivity contribution < 1.29 is 9.53 Å². The van der Waals surface area contributed by atoms with Crippen molar-refractivity contribution in [3.05, 3.63) is 23.1 Å². The molecule has 0 aromatic carbocycles. The Kier molecular flexibility index (Phi) is 5.63. The fourth-order valence-electron chi connectivity index (χ4n) is 2.07. The number of aromatic amines is 1. The highest BCUT2D eigenvalue weighted by atomic mass is 32.2. The topological polar surface area (TPSA) is 89.0 Å². The summed E-state index contributed by atoms with van der Waals surface area (Å²) in [6.45, 7) is 6.96. The Morgan fingerprint density at radius 1 is 1.76 bits per heavy atom. The molecule has 0 saturated carbocycles. The van der Waals surface area contributed by atoms with Gasteiger partial charge in [0, 0.05) is 13.2 Å². The van der Waals surface area contributed by atoms with Gasteiger partial charge in [-0.15, -0.1) is 11.7 Å². The third-order valence-corrected chi connectivity index (χ3v) is 4.30. The van der Waals surface area contributed by atoms with Crippen LogP contribution >= 0.6 is 11.8 Å². The van der Waals surface area contributed by atoms with E-state index in [1.807, 2.05) is 0 Å². The van der Waals surface area contributed by atoms with Gasteiger partial charge in [0.05, 0.1) is 17.9 Å². The minimum Gasteiger partial charge on any atom is -0.376 e. The minimum absolute atomic E-state index is 0.0459. The van der Waals surface area contributed by atoms with Crippen molar-refractivity contribution in [1.82, 2.24) is 20.1 Å². The van der Waals surface area contributed by atoms with Crippen LogP contribution in [0.4, 0.5) is 0 Å². The van der Waals surface area contributed by atoms with Crippen molar-refractivity contribution in [3.8, 4) is 0 Å². The molecule has 1 aliphatic rings. The molecule has 0 spiro atoms. The number of nitrogens with zero attached hydrogens (tertiary/aromatic N) is 2. The smallest absolute Gasteiger partial charge is 0.344 e. The summed E-state index contributed by atoms with van der Waals surface area (Å²) in [6.07, 6.45) is 3.62. The van der Waals surface area contributed by atoms with Crippen LogP contribution in [0.1, 0.15) is 19.8 Å². The summed E-state index contributed by atoms with van der Waals surface area (Å²) in [5.41, 5.74) is -0.272. The van der Waals surface area contributed by atoms with E-state index < -0.39 is 0 Å². The first-order valence-corrected chi connectivity index (χ1v) is 7.82. The van der Waals surface area contributed by atoms with E-state index in [1.54, 1.807) is 13.0 Å². The Morgan fingerprint density at radius 2 is 2.57 bits per heavy atom. The number of carbonyl (C=O) groups excluding carboxylic acids is 1. The summed E-state index contributed by atoms with van der Waals surface area (Å²) >= 11 is 1.25. The zero-order valence-electron chi connectivity index (χ0n) is 12.0. The maximum atomic E-state index is 11.8. The fraction of sp³-hybridized carbons (Fsp3) is 0.615. The van der Waals surface area contributed by atoms with Crippen molar-refractivity contribution in [3.63, 3.8) is 0 Å². The van der Waals surface area contributed by atoms with Crippen LogP contribution in [0.2, 0.25) is 0 Å². The van der Waals surface area contributed by atoms with Gasteiger partial charge in [0.25, 0.3) is 0 Å². The summed E-state index contributed by atoms with van der Waals surface area (Å²) in [4.78, 5) is 23.7. The summed E-state index contributed by atoms with van der Waals surface area (Å²) in [5.74, 6) is -0.112. The summed E-state index contributed by atoms with van der Waals surface area (Å²) < 4.78 is 7.08. The van der Waals surface area contributed by atoms with Crippen LogP contribution in [0.5, 0.6) is 0 Å². The zero-order valence-corrected chi connectivity index (χ0v) is 12.8. The third kappa shape index (κ3) is 4.21. The van der Waals surface area contributed by atoms with E-state index in [9.17, 15) is 9.59 Å². The van der Waals surface area contributed by atoms with Gasteiger partial charge in [-0.25, -0.2) is 9.89 Å². The first-order chi connectivity index (χ1) is 10.1. The van der Waals surface area contributed by atoms with E-state index in [4.69, 9.17) is 4.74 Å². The molecule has 1 aromatic heterocycles. The second kappa shape index (κ2) is 7.46. The normalized spacial score (nSPS) is 19.4. The summed E-state index contributed by atoms with van der Waals surface area (Å²) in [6, 6.07) is 0. The summed E-state index contributed by atoms with van der Waals surface area (Å²) in [7, 11) is 0. The van der Waals surface area contributed by atoms with Crippen molar-refractivity contribution in [1.29, 1.82) is 0 Å². The van der Waals surface area contributed by atoms with Gasteiger partial charge in [-0.3, -0.25) is 9.36 Å². The monoisotopic (exact) mass is 312 g/mol. The molecule has 0 bridgehead atoms. The Hall–Kier alpha value is -1.54. The van der Waals surface area contributed by atoms with Gasteiger partial charge in [0.1, 0.15) is 0 Å². The highest BCUT2D eigenvalue weighted by Gasteiger charge is 2.22. The van der Waals surface area contributed by atoms with E-state index >= 15 is 0 Å². The predicted molar refractivity (Wildman–Crippen MR) is 80.3 cm³/mol. The lowest BCUT2D eigenvalue weighted by atomic mass is 10.2. The molecule has 7 nitrogen and oxygen atoms in total. The maximum Gasteiger partial charge on any atom is 0.344 e. The van der Waals surface area contributed by atoms with Gasteiger partial charge in [-0.1, -0.05) is 17.8 Å². The zero-order chi connectivity index (χ0) is 15.2. The van der Waals surface area contributed by atoms with E-state index in [1.165, 1.54) is 16.3 Å². The molecule has 1 aromatic rings. The predicted octanol–water partition coefficient (Wildman–Crippen LogP) is 0.533. The van der Waals surface area contributed by atoms with Crippen LogP contribution in [-0.2, 0) is 16.1 Å². The molecule has 0 aliphatic carbocycles. The molecule has 1 saturated heterocycles. The van der Waals surface area contributed by atoms with E-state index in [0.717, 1.165) is 19.4 Å². The molecule has 0 radical (unpaired) electrons. The molecule has 2 atom stereocenters. The number of aromatic nitrogens is 3. The Labute approximate surface area is 127 Å². The van der Waals surface area contributed by atoms with Crippen LogP contribution in [0.15, 0.2) is 22.6 Å². The van der Waals surface area contributed by atoms with Gasteiger partial charge in [-0.2, -0.15) is 0 Å². The molecule has 8 heteroatoms. The van der Waals surface area contributed by atoms with Crippen molar-refractivity contribution in [2.24, 2.45) is 0 Å². The second-order valence-corrected chi connectivity index (χ2v) is 6.16. The Balaban J connectivity index is 2.00. The van der Waals surface area contributed by atoms with Crippen LogP contribution in [-0.4, -0.2) is 45.2 Å². The maximum absolute atomic E-state index is 11.8. The molecule has 2 rings (SSSR count). The quantitative estimate of drug-likeness (QED) is 0.566. The molecule has 21 heavy (non-hydrogen) atoms. The van der Waals surface area contributed by atoms with E-state index in [0.29, 0.717) is 18.2 Å². The number of carbonyl (C=O) groups is 1. The molecule has 1 amide bonds. The van der Waals surface area contributed by atoms with Gasteiger partial charge in [-0.05, 0) is 19.8 Å². The summed E-state index contributed by atoms with van der Waals surface area (Å²) in [5, 5.41) is 9.32. The van der Waals surface area contributed by atoms with Crippen molar-refractivity contribution in [2.75, 3.05) is 13.2 Å². The number of hydrogen-bond acceptors (Lipinski definition) is 5. The highest BCUT2D eigenvalue weighted by Crippen LogP contribution is 2.21. The lowest BCUT2D eigenvalue weighted by Gasteiger charge is -2.13. The number of thioether (sulfide) groups is 1. The SMILES string of the molecule is C=CCNC(=O)[C@H](C)Sc1n[nH]c(=O)n1C[C@@H]1CCCO1. The molecule has 2 heterocycles. The average Bonchev–Trinajstić information content (AvgIpc) is 3.09. The van der Waals surface area contributed by atoms with Gasteiger partial charge in [0.2, 0.25) is 5.91 Å². The van der Waals surface area contributed by atoms with Crippen LogP contribution in [0.3, 0.4) is 0 Å². The first-order valence-electron chi connectivity index (χ1n) is 6.94. The molecular weight excluding hydrogens is 292 g/mol. The number of rotatable bonds is 7. The van der Waals surface area contributed by atoms with Crippen LogP contribution in [0, 0.1) is 0 Å².